The molecule has 0 saturated carbocycles. The predicted molar refractivity (Wildman–Crippen MR) is 60.2 cm³/mol. The van der Waals surface area contributed by atoms with E-state index in [-0.39, 0.29) is 0 Å². The lowest BCUT2D eigenvalue weighted by Crippen LogP contribution is -2.16. The van der Waals surface area contributed by atoms with Crippen LogP contribution in [0, 0.1) is 0 Å². The molecule has 0 aliphatic heterocycles. The molecule has 1 N–H and O–H groups in total. The smallest absolute Gasteiger partial charge is 0.151 e. The average Bonchev–Trinajstić information content (AvgIpc) is 2.48. The van der Waals surface area contributed by atoms with Gasteiger partial charge in [0.05, 0.1) is 5.69 Å². The van der Waals surface area contributed by atoms with Gasteiger partial charge in [-0.25, -0.2) is 0 Å². The van der Waals surface area contributed by atoms with Gasteiger partial charge in [-0.05, 0) is 48.3 Å². The molecule has 0 spiro atoms. The minimum absolute atomic E-state index is 0.871. The number of rotatable bonds is 6. The van der Waals surface area contributed by atoms with E-state index in [1.807, 2.05) is 11.7 Å². The zero-order valence-corrected chi connectivity index (χ0v) is 10.3. The topological polar surface area (TPSA) is 42.7 Å². The van der Waals surface area contributed by atoms with Crippen molar-refractivity contribution < 1.29 is 0 Å². The molecule has 1 heterocycles. The maximum Gasteiger partial charge on any atom is 0.151 e. The Kier molecular flexibility index (Phi) is 5.11. The van der Waals surface area contributed by atoms with E-state index in [9.17, 15) is 0 Å². The van der Waals surface area contributed by atoms with Gasteiger partial charge in [0.15, 0.2) is 4.60 Å². The van der Waals surface area contributed by atoms with E-state index in [4.69, 9.17) is 0 Å². The van der Waals surface area contributed by atoms with Crippen LogP contribution < -0.4 is 5.32 Å². The highest BCUT2D eigenvalue weighted by Crippen LogP contribution is 2.12. The van der Waals surface area contributed by atoms with E-state index < -0.39 is 0 Å². The van der Waals surface area contributed by atoms with E-state index in [1.54, 1.807) is 0 Å². The molecule has 0 aliphatic rings. The van der Waals surface area contributed by atoms with Crippen molar-refractivity contribution in [3.63, 3.8) is 0 Å². The van der Waals surface area contributed by atoms with Gasteiger partial charge in [0.1, 0.15) is 0 Å². The second-order valence-corrected chi connectivity index (χ2v) is 4.06. The lowest BCUT2D eigenvalue weighted by atomic mass is 10.2. The average molecular weight is 261 g/mol. The Bertz CT molecular complexity index is 252. The molecular formula is C9H17BrN4. The molecule has 0 amide bonds. The van der Waals surface area contributed by atoms with Crippen LogP contribution in [0.3, 0.4) is 0 Å². The van der Waals surface area contributed by atoms with Crippen LogP contribution in [-0.2, 0) is 13.5 Å². The van der Waals surface area contributed by atoms with Crippen molar-refractivity contribution in [2.45, 2.75) is 26.2 Å². The number of aromatic nitrogens is 3. The minimum atomic E-state index is 0.871. The summed E-state index contributed by atoms with van der Waals surface area (Å²) in [5.74, 6) is 0. The Morgan fingerprint density at radius 3 is 2.79 bits per heavy atom. The Morgan fingerprint density at radius 2 is 2.21 bits per heavy atom. The second-order valence-electron chi connectivity index (χ2n) is 3.30. The SMILES string of the molecule is CCCNCCCc1c(Br)nnn1C. The van der Waals surface area contributed by atoms with E-state index in [0.717, 1.165) is 30.5 Å². The van der Waals surface area contributed by atoms with Crippen molar-refractivity contribution in [3.8, 4) is 0 Å². The highest BCUT2D eigenvalue weighted by Gasteiger charge is 2.06. The molecule has 0 saturated heterocycles. The molecule has 0 aromatic carbocycles. The van der Waals surface area contributed by atoms with Crippen LogP contribution in [0.25, 0.3) is 0 Å². The number of halogens is 1. The first-order valence-electron chi connectivity index (χ1n) is 5.00. The fourth-order valence-corrected chi connectivity index (χ4v) is 1.82. The summed E-state index contributed by atoms with van der Waals surface area (Å²) < 4.78 is 2.69. The first-order valence-corrected chi connectivity index (χ1v) is 5.79. The van der Waals surface area contributed by atoms with Gasteiger partial charge in [-0.3, -0.25) is 4.68 Å². The molecule has 0 atom stereocenters. The van der Waals surface area contributed by atoms with Crippen molar-refractivity contribution in [2.75, 3.05) is 13.1 Å². The third-order valence-corrected chi connectivity index (χ3v) is 2.71. The molecular weight excluding hydrogens is 244 g/mol. The van der Waals surface area contributed by atoms with Crippen LogP contribution in [0.4, 0.5) is 0 Å². The maximum atomic E-state index is 3.94. The molecule has 14 heavy (non-hydrogen) atoms. The lowest BCUT2D eigenvalue weighted by Gasteiger charge is -2.03. The van der Waals surface area contributed by atoms with Gasteiger partial charge in [-0.15, -0.1) is 5.10 Å². The van der Waals surface area contributed by atoms with Crippen molar-refractivity contribution >= 4 is 15.9 Å². The molecule has 5 heteroatoms. The van der Waals surface area contributed by atoms with Crippen LogP contribution >= 0.6 is 15.9 Å². The number of nitrogens with one attached hydrogen (secondary N) is 1. The minimum Gasteiger partial charge on any atom is -0.317 e. The van der Waals surface area contributed by atoms with Crippen LogP contribution in [0.2, 0.25) is 0 Å². The summed E-state index contributed by atoms with van der Waals surface area (Å²) in [5.41, 5.74) is 1.17. The van der Waals surface area contributed by atoms with E-state index in [2.05, 4.69) is 38.5 Å². The third-order valence-electron chi connectivity index (χ3n) is 2.09. The Hall–Kier alpha value is -0.420. The highest BCUT2D eigenvalue weighted by molar-refractivity contribution is 9.10. The maximum absolute atomic E-state index is 3.94. The Balaban J connectivity index is 2.24. The summed E-state index contributed by atoms with van der Waals surface area (Å²) in [4.78, 5) is 0. The van der Waals surface area contributed by atoms with Crippen LogP contribution in [0.15, 0.2) is 4.60 Å². The first kappa shape index (κ1) is 11.7. The fourth-order valence-electron chi connectivity index (χ4n) is 1.30. The molecule has 1 aromatic heterocycles. The Labute approximate surface area is 93.2 Å². The van der Waals surface area contributed by atoms with Crippen LogP contribution in [0.1, 0.15) is 25.5 Å². The Morgan fingerprint density at radius 1 is 1.43 bits per heavy atom. The quantitative estimate of drug-likeness (QED) is 0.789. The summed E-state index contributed by atoms with van der Waals surface area (Å²) in [6, 6.07) is 0. The molecule has 1 aromatic rings. The molecule has 0 radical (unpaired) electrons. The lowest BCUT2D eigenvalue weighted by molar-refractivity contribution is 0.613. The largest absolute Gasteiger partial charge is 0.317 e. The van der Waals surface area contributed by atoms with Crippen molar-refractivity contribution in [3.05, 3.63) is 10.3 Å². The fraction of sp³-hybridized carbons (Fsp3) is 0.778. The molecule has 0 bridgehead atoms. The number of hydrogen-bond acceptors (Lipinski definition) is 3. The summed E-state index contributed by atoms with van der Waals surface area (Å²) in [6.07, 6.45) is 3.33. The second kappa shape index (κ2) is 6.14. The van der Waals surface area contributed by atoms with Gasteiger partial charge < -0.3 is 5.32 Å². The molecule has 0 fully saturated rings. The molecule has 0 aliphatic carbocycles. The normalized spacial score (nSPS) is 10.8. The number of hydrogen-bond donors (Lipinski definition) is 1. The van der Waals surface area contributed by atoms with Gasteiger partial charge in [0, 0.05) is 7.05 Å². The zero-order chi connectivity index (χ0) is 10.4. The standard InChI is InChI=1S/C9H17BrN4/c1-3-6-11-7-4-5-8-9(10)12-13-14(8)2/h11H,3-7H2,1-2H3. The first-order chi connectivity index (χ1) is 6.75. The highest BCUT2D eigenvalue weighted by atomic mass is 79.9. The van der Waals surface area contributed by atoms with Gasteiger partial charge in [-0.1, -0.05) is 12.1 Å². The predicted octanol–water partition coefficient (Wildman–Crippen LogP) is 1.51. The van der Waals surface area contributed by atoms with Gasteiger partial charge in [0.2, 0.25) is 0 Å². The van der Waals surface area contributed by atoms with Crippen LogP contribution in [-0.4, -0.2) is 28.1 Å². The van der Waals surface area contributed by atoms with Crippen molar-refractivity contribution in [1.29, 1.82) is 0 Å². The van der Waals surface area contributed by atoms with Gasteiger partial charge in [-0.2, -0.15) is 0 Å². The van der Waals surface area contributed by atoms with Crippen LogP contribution in [0.5, 0.6) is 0 Å². The number of aryl methyl sites for hydroxylation is 1. The third kappa shape index (κ3) is 3.38. The number of nitrogens with zero attached hydrogens (tertiary/aromatic N) is 3. The van der Waals surface area contributed by atoms with Gasteiger partial charge in [0.25, 0.3) is 0 Å². The van der Waals surface area contributed by atoms with E-state index in [0.29, 0.717) is 0 Å². The van der Waals surface area contributed by atoms with Crippen molar-refractivity contribution in [2.24, 2.45) is 7.05 Å². The van der Waals surface area contributed by atoms with Crippen molar-refractivity contribution in [1.82, 2.24) is 20.3 Å². The van der Waals surface area contributed by atoms with Gasteiger partial charge >= 0.3 is 0 Å². The summed E-state index contributed by atoms with van der Waals surface area (Å²) >= 11 is 3.39. The van der Waals surface area contributed by atoms with E-state index >= 15 is 0 Å². The zero-order valence-electron chi connectivity index (χ0n) is 8.76. The molecule has 80 valence electrons. The van der Waals surface area contributed by atoms with E-state index in [1.165, 1.54) is 12.1 Å². The summed E-state index contributed by atoms with van der Waals surface area (Å²) in [7, 11) is 1.92. The monoisotopic (exact) mass is 260 g/mol. The summed E-state index contributed by atoms with van der Waals surface area (Å²) in [6.45, 7) is 4.34. The molecule has 0 unspecified atom stereocenters. The molecule has 4 nitrogen and oxygen atoms in total. The summed E-state index contributed by atoms with van der Waals surface area (Å²) in [5, 5.41) is 11.2. The molecule has 1 rings (SSSR count).